The van der Waals surface area contributed by atoms with Crippen LogP contribution in [0.1, 0.15) is 24.1 Å². The fourth-order valence-corrected chi connectivity index (χ4v) is 2.10. The highest BCUT2D eigenvalue weighted by molar-refractivity contribution is 7.16. The zero-order valence-electron chi connectivity index (χ0n) is 8.82. The second-order valence-corrected chi connectivity index (χ2v) is 4.68. The van der Waals surface area contributed by atoms with E-state index in [2.05, 4.69) is 22.1 Å². The molecule has 1 aromatic heterocycles. The van der Waals surface area contributed by atoms with E-state index in [0.717, 1.165) is 24.1 Å². The summed E-state index contributed by atoms with van der Waals surface area (Å²) < 4.78 is 0. The average molecular weight is 235 g/mol. The molecule has 0 aliphatic heterocycles. The highest BCUT2D eigenvalue weighted by atomic mass is 32.1. The largest absolute Gasteiger partial charge is 0.320 e. The molecule has 1 aromatic rings. The Morgan fingerprint density at radius 2 is 2.50 bits per heavy atom. The van der Waals surface area contributed by atoms with Crippen molar-refractivity contribution in [3.05, 3.63) is 11.1 Å². The van der Waals surface area contributed by atoms with Gasteiger partial charge < -0.3 is 11.1 Å². The van der Waals surface area contributed by atoms with E-state index in [1.54, 1.807) is 6.20 Å². The Morgan fingerprint density at radius 1 is 1.69 bits per heavy atom. The Hall–Kier alpha value is -1.38. The monoisotopic (exact) mass is 235 g/mol. The van der Waals surface area contributed by atoms with Crippen LogP contribution < -0.4 is 11.1 Å². The molecule has 1 fully saturated rings. The van der Waals surface area contributed by atoms with Crippen molar-refractivity contribution in [3.8, 4) is 11.8 Å². The normalized spacial score (nSPS) is 14.8. The number of aromatic nitrogens is 1. The number of amides is 1. The molecule has 1 saturated carbocycles. The molecule has 1 heterocycles. The third-order valence-corrected chi connectivity index (χ3v) is 3.35. The van der Waals surface area contributed by atoms with Crippen molar-refractivity contribution in [1.82, 2.24) is 4.98 Å². The number of hydrogen-bond acceptors (Lipinski definition) is 4. The number of carbonyl (C=O) groups excluding carboxylic acids is 1. The summed E-state index contributed by atoms with van der Waals surface area (Å²) in [6.45, 7) is 0.335. The van der Waals surface area contributed by atoms with Crippen LogP contribution in [-0.4, -0.2) is 17.4 Å². The van der Waals surface area contributed by atoms with E-state index in [4.69, 9.17) is 5.73 Å². The van der Waals surface area contributed by atoms with Gasteiger partial charge in [0.1, 0.15) is 0 Å². The first kappa shape index (κ1) is 11.1. The summed E-state index contributed by atoms with van der Waals surface area (Å²) in [7, 11) is 0. The summed E-state index contributed by atoms with van der Waals surface area (Å²) in [5.41, 5.74) is 5.27. The van der Waals surface area contributed by atoms with E-state index in [1.807, 2.05) is 0 Å². The van der Waals surface area contributed by atoms with Gasteiger partial charge in [-0.3, -0.25) is 4.79 Å². The highest BCUT2D eigenvalue weighted by Crippen LogP contribution is 2.28. The molecule has 0 unspecified atom stereocenters. The first-order valence-corrected chi connectivity index (χ1v) is 6.07. The van der Waals surface area contributed by atoms with E-state index in [-0.39, 0.29) is 11.8 Å². The van der Waals surface area contributed by atoms with E-state index in [0.29, 0.717) is 11.7 Å². The van der Waals surface area contributed by atoms with Crippen LogP contribution in [0.4, 0.5) is 5.13 Å². The Morgan fingerprint density at radius 3 is 3.12 bits per heavy atom. The molecule has 5 heteroatoms. The Labute approximate surface area is 98.3 Å². The molecular weight excluding hydrogens is 222 g/mol. The number of rotatable bonds is 2. The summed E-state index contributed by atoms with van der Waals surface area (Å²) in [6.07, 6.45) is 4.81. The smallest absolute Gasteiger partial charge is 0.229 e. The number of carbonyl (C=O) groups is 1. The summed E-state index contributed by atoms with van der Waals surface area (Å²) >= 11 is 1.38. The third kappa shape index (κ3) is 2.60. The fraction of sp³-hybridized carbons (Fsp3) is 0.455. The van der Waals surface area contributed by atoms with Crippen LogP contribution in [0.5, 0.6) is 0 Å². The summed E-state index contributed by atoms with van der Waals surface area (Å²) in [4.78, 5) is 16.5. The minimum atomic E-state index is 0.0823. The standard InChI is InChI=1S/C11H13N3OS/c12-6-2-5-9-7-13-11(16-9)14-10(15)8-3-1-4-8/h7-8H,1,3-4,6,12H2,(H,13,14,15). The molecule has 0 aromatic carbocycles. The zero-order valence-corrected chi connectivity index (χ0v) is 9.64. The summed E-state index contributed by atoms with van der Waals surface area (Å²) in [5.74, 6) is 5.90. The van der Waals surface area contributed by atoms with Gasteiger partial charge in [-0.2, -0.15) is 0 Å². The zero-order chi connectivity index (χ0) is 11.4. The number of nitrogens with two attached hydrogens (primary N) is 1. The number of nitrogens with zero attached hydrogens (tertiary/aromatic N) is 1. The van der Waals surface area contributed by atoms with Gasteiger partial charge >= 0.3 is 0 Å². The topological polar surface area (TPSA) is 68.0 Å². The Kier molecular flexibility index (Phi) is 3.54. The molecular formula is C11H13N3OS. The molecule has 1 aliphatic rings. The van der Waals surface area contributed by atoms with Crippen LogP contribution in [0.25, 0.3) is 0 Å². The first-order valence-electron chi connectivity index (χ1n) is 5.25. The quantitative estimate of drug-likeness (QED) is 0.757. The molecule has 0 bridgehead atoms. The van der Waals surface area contributed by atoms with Gasteiger partial charge in [-0.05, 0) is 12.8 Å². The van der Waals surface area contributed by atoms with Crippen LogP contribution in [0.15, 0.2) is 6.20 Å². The minimum absolute atomic E-state index is 0.0823. The van der Waals surface area contributed by atoms with E-state index in [9.17, 15) is 4.79 Å². The fourth-order valence-electron chi connectivity index (χ4n) is 1.41. The Bertz CT molecular complexity index is 440. The third-order valence-electron chi connectivity index (χ3n) is 2.53. The van der Waals surface area contributed by atoms with Gasteiger partial charge in [0, 0.05) is 5.92 Å². The van der Waals surface area contributed by atoms with Gasteiger partial charge in [-0.1, -0.05) is 29.6 Å². The first-order chi connectivity index (χ1) is 7.79. The van der Waals surface area contributed by atoms with Gasteiger partial charge in [-0.25, -0.2) is 4.98 Å². The molecule has 0 spiro atoms. The van der Waals surface area contributed by atoms with Crippen molar-refractivity contribution in [3.63, 3.8) is 0 Å². The lowest BCUT2D eigenvalue weighted by Gasteiger charge is -2.23. The predicted octanol–water partition coefficient (Wildman–Crippen LogP) is 1.19. The molecule has 16 heavy (non-hydrogen) atoms. The molecule has 3 N–H and O–H groups in total. The lowest BCUT2D eigenvalue weighted by molar-refractivity contribution is -0.122. The van der Waals surface area contributed by atoms with Crippen molar-refractivity contribution >= 4 is 22.4 Å². The number of hydrogen-bond donors (Lipinski definition) is 2. The van der Waals surface area contributed by atoms with Crippen LogP contribution in [-0.2, 0) is 4.79 Å². The number of anilines is 1. The minimum Gasteiger partial charge on any atom is -0.320 e. The second-order valence-electron chi connectivity index (χ2n) is 3.65. The maximum absolute atomic E-state index is 11.6. The van der Waals surface area contributed by atoms with Crippen molar-refractivity contribution in [1.29, 1.82) is 0 Å². The van der Waals surface area contributed by atoms with Crippen LogP contribution in [0, 0.1) is 17.8 Å². The maximum atomic E-state index is 11.6. The number of thiazole rings is 1. The van der Waals surface area contributed by atoms with Crippen molar-refractivity contribution < 1.29 is 4.79 Å². The van der Waals surface area contributed by atoms with Crippen LogP contribution >= 0.6 is 11.3 Å². The molecule has 2 rings (SSSR count). The molecule has 0 radical (unpaired) electrons. The summed E-state index contributed by atoms with van der Waals surface area (Å²) in [6, 6.07) is 0. The van der Waals surface area contributed by atoms with Gasteiger partial charge in [0.2, 0.25) is 5.91 Å². The van der Waals surface area contributed by atoms with Gasteiger partial charge in [-0.15, -0.1) is 0 Å². The van der Waals surface area contributed by atoms with Crippen molar-refractivity contribution in [2.45, 2.75) is 19.3 Å². The second kappa shape index (κ2) is 5.10. The van der Waals surface area contributed by atoms with Crippen molar-refractivity contribution in [2.75, 3.05) is 11.9 Å². The lowest BCUT2D eigenvalue weighted by atomic mass is 9.85. The molecule has 1 aliphatic carbocycles. The maximum Gasteiger partial charge on any atom is 0.229 e. The molecule has 0 atom stereocenters. The van der Waals surface area contributed by atoms with Gasteiger partial charge in [0.05, 0.1) is 17.6 Å². The SMILES string of the molecule is NCC#Cc1cnc(NC(=O)C2CCC2)s1. The van der Waals surface area contributed by atoms with Gasteiger partial charge in [0.25, 0.3) is 0 Å². The molecule has 84 valence electrons. The molecule has 0 saturated heterocycles. The van der Waals surface area contributed by atoms with Gasteiger partial charge in [0.15, 0.2) is 5.13 Å². The van der Waals surface area contributed by atoms with Crippen LogP contribution in [0.3, 0.4) is 0 Å². The highest BCUT2D eigenvalue weighted by Gasteiger charge is 2.25. The molecule has 1 amide bonds. The summed E-state index contributed by atoms with van der Waals surface area (Å²) in [5, 5.41) is 3.43. The van der Waals surface area contributed by atoms with Crippen LogP contribution in [0.2, 0.25) is 0 Å². The van der Waals surface area contributed by atoms with E-state index in [1.165, 1.54) is 11.3 Å². The number of nitrogens with one attached hydrogen (secondary N) is 1. The molecule has 4 nitrogen and oxygen atoms in total. The Balaban J connectivity index is 1.94. The van der Waals surface area contributed by atoms with Crippen molar-refractivity contribution in [2.24, 2.45) is 11.7 Å². The average Bonchev–Trinajstić information content (AvgIpc) is 2.59. The predicted molar refractivity (Wildman–Crippen MR) is 64.0 cm³/mol. The van der Waals surface area contributed by atoms with E-state index < -0.39 is 0 Å². The lowest BCUT2D eigenvalue weighted by Crippen LogP contribution is -2.27. The van der Waals surface area contributed by atoms with E-state index >= 15 is 0 Å².